The highest BCUT2D eigenvalue weighted by atomic mass is 79.9. The lowest BCUT2D eigenvalue weighted by molar-refractivity contribution is 1.15. The fourth-order valence-corrected chi connectivity index (χ4v) is 1.07. The van der Waals surface area contributed by atoms with E-state index in [4.69, 9.17) is 12.6 Å². The van der Waals surface area contributed by atoms with Gasteiger partial charge in [0.15, 0.2) is 0 Å². The Labute approximate surface area is 68.0 Å². The molecule has 1 rings (SSSR count). The van der Waals surface area contributed by atoms with Crippen molar-refractivity contribution in [3.63, 3.8) is 0 Å². The van der Waals surface area contributed by atoms with Crippen LogP contribution < -0.4 is 0 Å². The Kier molecular flexibility index (Phi) is 2.54. The molecule has 0 unspecified atom stereocenters. The second kappa shape index (κ2) is 3.22. The predicted molar refractivity (Wildman–Crippen MR) is 43.2 cm³/mol. The quantitative estimate of drug-likeness (QED) is 0.639. The number of halogens is 1. The Hall–Kier alpha value is -0.0200. The molecule has 1 aromatic heterocycles. The maximum Gasteiger partial charge on any atom is 0.106 e. The molecule has 0 aliphatic heterocycles. The normalized spacial score (nSPS) is 9.56. The predicted octanol–water partition coefficient (Wildman–Crippen LogP) is 2.54. The van der Waals surface area contributed by atoms with Crippen molar-refractivity contribution in [1.82, 2.24) is 4.98 Å². The number of aromatic nitrogens is 1. The standard InChI is InChI=1S/C6H5BrNS/c7-6-3-1-2-5(4-9)8-6/h1-3H,4H2. The van der Waals surface area contributed by atoms with Gasteiger partial charge in [0.05, 0.1) is 5.69 Å². The molecule has 1 radical (unpaired) electrons. The summed E-state index contributed by atoms with van der Waals surface area (Å²) in [6.07, 6.45) is 0. The van der Waals surface area contributed by atoms with Crippen molar-refractivity contribution in [3.05, 3.63) is 28.5 Å². The maximum atomic E-state index is 4.79. The summed E-state index contributed by atoms with van der Waals surface area (Å²) in [5, 5.41) is 0. The van der Waals surface area contributed by atoms with Crippen LogP contribution in [0.2, 0.25) is 0 Å². The molecule has 0 atom stereocenters. The lowest BCUT2D eigenvalue weighted by Gasteiger charge is -1.92. The summed E-state index contributed by atoms with van der Waals surface area (Å²) in [4.78, 5) is 4.10. The van der Waals surface area contributed by atoms with Crippen molar-refractivity contribution in [3.8, 4) is 0 Å². The molecule has 0 aromatic carbocycles. The highest BCUT2D eigenvalue weighted by Crippen LogP contribution is 2.07. The van der Waals surface area contributed by atoms with E-state index >= 15 is 0 Å². The van der Waals surface area contributed by atoms with Crippen LogP contribution in [0, 0.1) is 0 Å². The molecule has 1 heterocycles. The van der Waals surface area contributed by atoms with Gasteiger partial charge in [0.1, 0.15) is 4.60 Å². The SMILES string of the molecule is [S]Cc1cccc(Br)n1. The fourth-order valence-electron chi connectivity index (χ4n) is 0.531. The van der Waals surface area contributed by atoms with Crippen molar-refractivity contribution < 1.29 is 0 Å². The molecule has 0 fully saturated rings. The van der Waals surface area contributed by atoms with Crippen molar-refractivity contribution in [1.29, 1.82) is 0 Å². The van der Waals surface area contributed by atoms with Gasteiger partial charge >= 0.3 is 0 Å². The highest BCUT2D eigenvalue weighted by molar-refractivity contribution is 9.10. The molecular formula is C6H5BrNS. The average molecular weight is 203 g/mol. The summed E-state index contributed by atoms with van der Waals surface area (Å²) in [5.74, 6) is 0.583. The van der Waals surface area contributed by atoms with E-state index in [2.05, 4.69) is 20.9 Å². The molecule has 9 heavy (non-hydrogen) atoms. The Morgan fingerprint density at radius 1 is 1.56 bits per heavy atom. The largest absolute Gasteiger partial charge is 0.245 e. The highest BCUT2D eigenvalue weighted by Gasteiger charge is 1.89. The van der Waals surface area contributed by atoms with Gasteiger partial charge in [-0.25, -0.2) is 4.98 Å². The third kappa shape index (κ3) is 1.99. The van der Waals surface area contributed by atoms with Crippen molar-refractivity contribution in [2.45, 2.75) is 5.75 Å². The first kappa shape index (κ1) is 7.09. The number of hydrogen-bond donors (Lipinski definition) is 0. The zero-order valence-electron chi connectivity index (χ0n) is 4.67. The molecule has 0 saturated heterocycles. The van der Waals surface area contributed by atoms with Gasteiger partial charge < -0.3 is 0 Å². The van der Waals surface area contributed by atoms with Gasteiger partial charge in [0.2, 0.25) is 0 Å². The van der Waals surface area contributed by atoms with E-state index in [-0.39, 0.29) is 0 Å². The van der Waals surface area contributed by atoms with E-state index in [0.717, 1.165) is 10.3 Å². The van der Waals surface area contributed by atoms with Crippen LogP contribution in [0.25, 0.3) is 0 Å². The third-order valence-corrected chi connectivity index (χ3v) is 1.66. The zero-order valence-corrected chi connectivity index (χ0v) is 7.08. The van der Waals surface area contributed by atoms with Crippen molar-refractivity contribution >= 4 is 28.6 Å². The van der Waals surface area contributed by atoms with Gasteiger partial charge in [-0.2, -0.15) is 0 Å². The number of pyridine rings is 1. The van der Waals surface area contributed by atoms with Crippen molar-refractivity contribution in [2.24, 2.45) is 0 Å². The zero-order chi connectivity index (χ0) is 6.69. The summed E-state index contributed by atoms with van der Waals surface area (Å²) in [7, 11) is 0. The first-order chi connectivity index (χ1) is 4.33. The first-order valence-electron chi connectivity index (χ1n) is 2.52. The van der Waals surface area contributed by atoms with Crippen LogP contribution in [0.5, 0.6) is 0 Å². The lowest BCUT2D eigenvalue weighted by atomic mass is 10.4. The molecule has 0 spiro atoms. The Bertz CT molecular complexity index is 202. The number of hydrogen-bond acceptors (Lipinski definition) is 1. The summed E-state index contributed by atoms with van der Waals surface area (Å²) in [6, 6.07) is 5.73. The van der Waals surface area contributed by atoms with Crippen LogP contribution in [0.3, 0.4) is 0 Å². The van der Waals surface area contributed by atoms with Crippen LogP contribution >= 0.6 is 28.6 Å². The van der Waals surface area contributed by atoms with Gasteiger partial charge in [-0.15, -0.1) is 0 Å². The summed E-state index contributed by atoms with van der Waals surface area (Å²) < 4.78 is 0.852. The molecule has 0 aliphatic rings. The van der Waals surface area contributed by atoms with Crippen LogP contribution in [0.1, 0.15) is 5.69 Å². The summed E-state index contributed by atoms with van der Waals surface area (Å²) >= 11 is 8.04. The molecule has 0 saturated carbocycles. The van der Waals surface area contributed by atoms with Gasteiger partial charge in [-0.1, -0.05) is 18.7 Å². The number of nitrogens with zero attached hydrogens (tertiary/aromatic N) is 1. The van der Waals surface area contributed by atoms with Gasteiger partial charge in [-0.3, -0.25) is 0 Å². The average Bonchev–Trinajstić information content (AvgIpc) is 1.88. The Morgan fingerprint density at radius 2 is 2.33 bits per heavy atom. The molecule has 0 amide bonds. The molecule has 0 N–H and O–H groups in total. The fraction of sp³-hybridized carbons (Fsp3) is 0.167. The van der Waals surface area contributed by atoms with E-state index in [1.807, 2.05) is 18.2 Å². The minimum atomic E-state index is 0.583. The first-order valence-corrected chi connectivity index (χ1v) is 3.89. The molecule has 0 aliphatic carbocycles. The molecule has 1 aromatic rings. The maximum absolute atomic E-state index is 4.79. The van der Waals surface area contributed by atoms with Gasteiger partial charge in [0.25, 0.3) is 0 Å². The lowest BCUT2D eigenvalue weighted by Crippen LogP contribution is -1.82. The summed E-state index contributed by atoms with van der Waals surface area (Å²) in [5.41, 5.74) is 0.944. The minimum absolute atomic E-state index is 0.583. The number of rotatable bonds is 1. The second-order valence-corrected chi connectivity index (χ2v) is 2.70. The summed E-state index contributed by atoms with van der Waals surface area (Å²) in [6.45, 7) is 0. The van der Waals surface area contributed by atoms with E-state index in [1.54, 1.807) is 0 Å². The molecule has 47 valence electrons. The van der Waals surface area contributed by atoms with Gasteiger partial charge in [-0.05, 0) is 28.1 Å². The molecule has 1 nitrogen and oxygen atoms in total. The second-order valence-electron chi connectivity index (χ2n) is 1.60. The van der Waals surface area contributed by atoms with Gasteiger partial charge in [0, 0.05) is 5.75 Å². The van der Waals surface area contributed by atoms with Crippen molar-refractivity contribution in [2.75, 3.05) is 0 Å². The van der Waals surface area contributed by atoms with Crippen LogP contribution in [0.15, 0.2) is 22.8 Å². The molecule has 0 bridgehead atoms. The third-order valence-electron chi connectivity index (χ3n) is 0.921. The van der Waals surface area contributed by atoms with Crippen LogP contribution in [-0.4, -0.2) is 4.98 Å². The van der Waals surface area contributed by atoms with Crippen LogP contribution in [-0.2, 0) is 5.75 Å². The minimum Gasteiger partial charge on any atom is -0.245 e. The topological polar surface area (TPSA) is 12.9 Å². The Morgan fingerprint density at radius 3 is 2.78 bits per heavy atom. The molecular weight excluding hydrogens is 198 g/mol. The smallest absolute Gasteiger partial charge is 0.106 e. The van der Waals surface area contributed by atoms with E-state index in [0.29, 0.717) is 5.75 Å². The monoisotopic (exact) mass is 202 g/mol. The van der Waals surface area contributed by atoms with E-state index < -0.39 is 0 Å². The Balaban J connectivity index is 2.94. The van der Waals surface area contributed by atoms with E-state index in [9.17, 15) is 0 Å². The van der Waals surface area contributed by atoms with Crippen LogP contribution in [0.4, 0.5) is 0 Å². The van der Waals surface area contributed by atoms with E-state index in [1.165, 1.54) is 0 Å². The molecule has 3 heteroatoms.